The first-order chi connectivity index (χ1) is 36.0. The summed E-state index contributed by atoms with van der Waals surface area (Å²) in [6, 6.07) is 0. The highest BCUT2D eigenvalue weighted by atomic mass is 19.4. The van der Waals surface area contributed by atoms with Gasteiger partial charge in [0, 0.05) is 0 Å². The Labute approximate surface area is 421 Å². The maximum absolute atomic E-state index is 15.8. The Morgan fingerprint density at radius 3 is 0.188 bits per heavy atom. The van der Waals surface area contributed by atoms with Gasteiger partial charge in [-0.2, -0.15) is 211 Å². The van der Waals surface area contributed by atoms with Crippen LogP contribution in [0.15, 0.2) is 0 Å². The molecule has 0 amide bonds. The first kappa shape index (κ1) is 77.3. The molecule has 1 spiro atoms. The Bertz CT molecular complexity index is 2070. The molecule has 0 saturated carbocycles. The normalized spacial score (nSPS) is 33.3. The summed E-state index contributed by atoms with van der Waals surface area (Å²) in [7, 11) is 0. The molecule has 508 valence electrons. The van der Waals surface area contributed by atoms with Gasteiger partial charge in [-0.05, 0) is 0 Å². The van der Waals surface area contributed by atoms with E-state index in [1.165, 1.54) is 0 Å². The Kier molecular flexibility index (Phi) is 18.3. The van der Waals surface area contributed by atoms with E-state index in [1.807, 2.05) is 0 Å². The monoisotopic (exact) mass is 1400 g/mol. The minimum absolute atomic E-state index is 0.420. The van der Waals surface area contributed by atoms with E-state index in [0.717, 1.165) is 18.9 Å². The molecular formula is C25F48O12. The van der Waals surface area contributed by atoms with Crippen LogP contribution < -0.4 is 0 Å². The van der Waals surface area contributed by atoms with Gasteiger partial charge in [-0.25, -0.2) is 56.8 Å². The summed E-state index contributed by atoms with van der Waals surface area (Å²) in [5.74, 6) is 0. The lowest BCUT2D eigenvalue weighted by Crippen LogP contribution is -2.78. The van der Waals surface area contributed by atoms with Gasteiger partial charge in [-0.15, -0.1) is 0 Å². The van der Waals surface area contributed by atoms with Crippen LogP contribution in [0.4, 0.5) is 211 Å². The van der Waals surface area contributed by atoms with Crippen LogP contribution in [0.1, 0.15) is 0 Å². The van der Waals surface area contributed by atoms with Gasteiger partial charge < -0.3 is 0 Å². The second-order valence-corrected chi connectivity index (χ2v) is 14.4. The smallest absolute Gasteiger partial charge is 0.247 e. The molecule has 0 atom stereocenters. The lowest BCUT2D eigenvalue weighted by molar-refractivity contribution is -0.645. The minimum atomic E-state index is -11.7. The third-order valence-electron chi connectivity index (χ3n) is 8.21. The topological polar surface area (TPSA) is 111 Å². The van der Waals surface area contributed by atoms with Crippen molar-refractivity contribution in [2.24, 2.45) is 5.41 Å². The molecule has 2 rings (SSSR count). The molecule has 2 fully saturated rings. The van der Waals surface area contributed by atoms with Crippen molar-refractivity contribution < 1.29 is 268 Å². The zero-order valence-electron chi connectivity index (χ0n) is 35.5. The maximum atomic E-state index is 15.8. The molecule has 0 unspecified atom stereocenters. The number of hydrogen-bond acceptors (Lipinski definition) is 12. The summed E-state index contributed by atoms with van der Waals surface area (Å²) in [5, 5.41) is 0. The molecular weight excluding hydrogens is 1400 g/mol. The highest BCUT2D eigenvalue weighted by molar-refractivity contribution is 5.09. The van der Waals surface area contributed by atoms with Gasteiger partial charge in [0.05, 0.1) is 0 Å². The predicted molar refractivity (Wildman–Crippen MR) is 134 cm³/mol. The molecule has 0 aromatic carbocycles. The molecule has 85 heavy (non-hydrogen) atoms. The fraction of sp³-hybridized carbons (Fsp3) is 1.00. The predicted octanol–water partition coefficient (Wildman–Crippen LogP) is 14.4. The van der Waals surface area contributed by atoms with Gasteiger partial charge in [-0.3, -0.25) is 0 Å². The molecule has 0 bridgehead atoms. The van der Waals surface area contributed by atoms with Crippen molar-refractivity contribution in [3.63, 3.8) is 0 Å². The summed E-state index contributed by atoms with van der Waals surface area (Å²) < 4.78 is 700. The van der Waals surface area contributed by atoms with E-state index in [2.05, 4.69) is 0 Å². The standard InChI is InChI=1S/C25F48O12/c26-2(27)1(3(28,29)75-7(36,37)11(44,45)79-15(52,53)19(60,61)83-23(68,69)22(66,67)82-18(58,59)14(50,51)78-10(42,43)6(34,35)74-2)4(30,31)76-8(38,39)12(46,47)80-16(54,55)20(62,63)84-24(70,71)25(72,73)85-21(64,65)17(56,57)81-13(48,49)9(40,41)77-5(1,32)33. The zero-order valence-corrected chi connectivity index (χ0v) is 35.5. The zero-order chi connectivity index (χ0) is 69.0. The Morgan fingerprint density at radius 1 is 0.0824 bits per heavy atom. The van der Waals surface area contributed by atoms with Gasteiger partial charge >= 0.3 is 152 Å². The van der Waals surface area contributed by atoms with Gasteiger partial charge in [0.2, 0.25) is 0 Å². The van der Waals surface area contributed by atoms with Crippen molar-refractivity contribution in [3.05, 3.63) is 0 Å². The second kappa shape index (κ2) is 20.1. The third kappa shape index (κ3) is 13.0. The van der Waals surface area contributed by atoms with Crippen LogP contribution in [-0.4, -0.2) is 147 Å². The summed E-state index contributed by atoms with van der Waals surface area (Å²) in [6.45, 7) is 0. The van der Waals surface area contributed by atoms with Crippen molar-refractivity contribution in [1.29, 1.82) is 0 Å². The largest absolute Gasteiger partial charge is 0.453 e. The third-order valence-corrected chi connectivity index (χ3v) is 8.21. The van der Waals surface area contributed by atoms with Crippen LogP contribution in [0.3, 0.4) is 0 Å². The number of ether oxygens (including phenoxy) is 12. The molecule has 2 saturated heterocycles. The number of alkyl halides is 48. The SMILES string of the molecule is FC1(F)OC(F)(F)C(F)(F)OC(F)(F)C(F)(F)OC(F)(F)C2(C(F)(F)OC(F)(F)C(F)(F)OC(F)(F)C(F)(F)OC1(F)F)C(F)(F)OC(F)(F)C(F)(F)OC(F)(F)C(F)(F)OC(F)(F)C(F)(F)OC(F)(F)C(F)(F)OC(F)(F)C(F)(F)OC2(F)F. The van der Waals surface area contributed by atoms with Gasteiger partial charge in [0.15, 0.2) is 0 Å². The molecule has 60 heteroatoms. The van der Waals surface area contributed by atoms with Crippen molar-refractivity contribution in [3.8, 4) is 0 Å². The molecule has 0 N–H and O–H groups in total. The van der Waals surface area contributed by atoms with Gasteiger partial charge in [0.25, 0.3) is 0 Å². The van der Waals surface area contributed by atoms with Crippen LogP contribution in [0.5, 0.6) is 0 Å². The average Bonchev–Trinajstić information content (AvgIpc) is 3.11. The molecule has 2 aliphatic heterocycles. The lowest BCUT2D eigenvalue weighted by Gasteiger charge is -2.51. The first-order valence-corrected chi connectivity index (χ1v) is 17.5. The van der Waals surface area contributed by atoms with E-state index in [1.54, 1.807) is 0 Å². The summed E-state index contributed by atoms with van der Waals surface area (Å²) in [4.78, 5) is 0. The Balaban J connectivity index is 3.68. The van der Waals surface area contributed by atoms with Gasteiger partial charge in [-0.1, -0.05) is 0 Å². The van der Waals surface area contributed by atoms with E-state index in [4.69, 9.17) is 0 Å². The fourth-order valence-corrected chi connectivity index (χ4v) is 4.44. The number of hydrogen-bond donors (Lipinski definition) is 0. The highest BCUT2D eigenvalue weighted by Gasteiger charge is 3.00. The van der Waals surface area contributed by atoms with E-state index in [0.29, 0.717) is 37.9 Å². The molecule has 0 aromatic rings. The first-order valence-electron chi connectivity index (χ1n) is 17.5. The molecule has 0 aliphatic carbocycles. The van der Waals surface area contributed by atoms with Crippen LogP contribution in [0.2, 0.25) is 0 Å². The minimum Gasteiger partial charge on any atom is -0.247 e. The maximum Gasteiger partial charge on any atom is 0.453 e. The number of rotatable bonds is 0. The summed E-state index contributed by atoms with van der Waals surface area (Å²) >= 11 is 0. The van der Waals surface area contributed by atoms with Crippen LogP contribution >= 0.6 is 0 Å². The fourth-order valence-electron chi connectivity index (χ4n) is 4.44. The summed E-state index contributed by atoms with van der Waals surface area (Å²) in [6.07, 6.45) is -231. The average molecular weight is 1400 g/mol. The second-order valence-electron chi connectivity index (χ2n) is 14.4. The number of halogens is 48. The van der Waals surface area contributed by atoms with Crippen LogP contribution in [-0.2, 0) is 56.8 Å². The summed E-state index contributed by atoms with van der Waals surface area (Å²) in [5.41, 5.74) is -11.7. The van der Waals surface area contributed by atoms with Crippen molar-refractivity contribution in [2.75, 3.05) is 0 Å². The van der Waals surface area contributed by atoms with E-state index in [9.17, 15) is 176 Å². The van der Waals surface area contributed by atoms with Crippen LogP contribution in [0, 0.1) is 5.41 Å². The van der Waals surface area contributed by atoms with Crippen molar-refractivity contribution >= 4 is 0 Å². The van der Waals surface area contributed by atoms with Gasteiger partial charge in [0.1, 0.15) is 0 Å². The lowest BCUT2D eigenvalue weighted by atomic mass is 9.80. The Morgan fingerprint density at radius 2 is 0.129 bits per heavy atom. The quantitative estimate of drug-likeness (QED) is 0.215. The van der Waals surface area contributed by atoms with Crippen LogP contribution in [0.25, 0.3) is 0 Å². The van der Waals surface area contributed by atoms with E-state index in [-0.39, 0.29) is 0 Å². The molecule has 2 heterocycles. The highest BCUT2D eigenvalue weighted by Crippen LogP contribution is 2.71. The van der Waals surface area contributed by atoms with E-state index < -0.39 is 152 Å². The molecule has 12 nitrogen and oxygen atoms in total. The Hall–Kier alpha value is -3.84. The molecule has 0 radical (unpaired) electrons. The van der Waals surface area contributed by atoms with Crippen molar-refractivity contribution in [2.45, 2.75) is 147 Å². The molecule has 2 aliphatic rings. The van der Waals surface area contributed by atoms with E-state index >= 15 is 35.1 Å². The molecule has 0 aromatic heterocycles. The van der Waals surface area contributed by atoms with Crippen molar-refractivity contribution in [1.82, 2.24) is 0 Å².